The predicted molar refractivity (Wildman–Crippen MR) is 123 cm³/mol. The lowest BCUT2D eigenvalue weighted by atomic mass is 9.99. The molecule has 0 bridgehead atoms. The van der Waals surface area contributed by atoms with Crippen molar-refractivity contribution in [2.45, 2.75) is 12.8 Å². The van der Waals surface area contributed by atoms with Gasteiger partial charge in [0, 0.05) is 39.3 Å². The van der Waals surface area contributed by atoms with Crippen LogP contribution in [0.3, 0.4) is 0 Å². The van der Waals surface area contributed by atoms with Crippen molar-refractivity contribution in [1.29, 1.82) is 0 Å². The molecule has 0 radical (unpaired) electrons. The lowest BCUT2D eigenvalue weighted by molar-refractivity contribution is 0.159. The van der Waals surface area contributed by atoms with Gasteiger partial charge in [0.25, 0.3) is 0 Å². The normalized spacial score (nSPS) is 18.9. The van der Waals surface area contributed by atoms with Crippen LogP contribution in [-0.2, 0) is 0 Å². The van der Waals surface area contributed by atoms with E-state index in [1.165, 1.54) is 5.69 Å². The molecular weight excluding hydrogens is 376 g/mol. The van der Waals surface area contributed by atoms with Gasteiger partial charge in [-0.1, -0.05) is 18.2 Å². The second-order valence-corrected chi connectivity index (χ2v) is 8.34. The molecule has 2 aliphatic rings. The highest BCUT2D eigenvalue weighted by atomic mass is 16.5. The quantitative estimate of drug-likeness (QED) is 0.753. The summed E-state index contributed by atoms with van der Waals surface area (Å²) < 4.78 is 11.6. The molecule has 0 aliphatic carbocycles. The van der Waals surface area contributed by atoms with E-state index >= 15 is 0 Å². The molecule has 0 atom stereocenters. The van der Waals surface area contributed by atoms with Crippen molar-refractivity contribution in [3.8, 4) is 11.5 Å². The molecule has 1 N–H and O–H groups in total. The topological polar surface area (TPSA) is 40.2 Å². The summed E-state index contributed by atoms with van der Waals surface area (Å²) in [5.41, 5.74) is 5.93. The molecule has 0 aromatic heterocycles. The second kappa shape index (κ2) is 10.0. The number of hydrogen-bond donors (Lipinski definition) is 1. The first kappa shape index (κ1) is 20.8. The lowest BCUT2D eigenvalue weighted by Gasteiger charge is -2.36. The summed E-state index contributed by atoms with van der Waals surface area (Å²) in [5.74, 6) is 2.52. The number of piperazine rings is 1. The highest BCUT2D eigenvalue weighted by Crippen LogP contribution is 2.32. The first-order valence-electron chi connectivity index (χ1n) is 11.0. The van der Waals surface area contributed by atoms with Gasteiger partial charge in [-0.3, -0.25) is 0 Å². The minimum Gasteiger partial charge on any atom is -0.495 e. The zero-order chi connectivity index (χ0) is 20.8. The summed E-state index contributed by atoms with van der Waals surface area (Å²) in [7, 11) is 3.94. The van der Waals surface area contributed by atoms with Gasteiger partial charge in [0.15, 0.2) is 0 Å². The van der Waals surface area contributed by atoms with Crippen LogP contribution in [0.1, 0.15) is 12.8 Å². The standard InChI is InChI=1S/C24H34N4O2/c1-26-14-16-27(17-15-26)23-18-21(8-9-24(23)29-2)25-28-12-10-20(11-13-28)19-30-22-6-4-3-5-7-22/h3-9,18,20,25H,10-17,19H2,1-2H3. The Bertz CT molecular complexity index is 785. The first-order chi connectivity index (χ1) is 14.7. The maximum Gasteiger partial charge on any atom is 0.142 e. The summed E-state index contributed by atoms with van der Waals surface area (Å²) in [6, 6.07) is 16.5. The van der Waals surface area contributed by atoms with Crippen molar-refractivity contribution < 1.29 is 9.47 Å². The highest BCUT2D eigenvalue weighted by molar-refractivity contribution is 5.66. The minimum atomic E-state index is 0.611. The Morgan fingerprint density at radius 2 is 1.67 bits per heavy atom. The number of benzene rings is 2. The molecule has 0 unspecified atom stereocenters. The zero-order valence-corrected chi connectivity index (χ0v) is 18.2. The molecule has 2 aromatic carbocycles. The Morgan fingerprint density at radius 3 is 2.37 bits per heavy atom. The van der Waals surface area contributed by atoms with Crippen molar-refractivity contribution in [3.63, 3.8) is 0 Å². The van der Waals surface area contributed by atoms with Gasteiger partial charge in [-0.25, -0.2) is 5.01 Å². The maximum atomic E-state index is 5.95. The number of methoxy groups -OCH3 is 1. The Labute approximate surface area is 180 Å². The fourth-order valence-electron chi connectivity index (χ4n) is 4.18. The molecule has 0 spiro atoms. The van der Waals surface area contributed by atoms with E-state index in [1.807, 2.05) is 30.3 Å². The average molecular weight is 411 g/mol. The third kappa shape index (κ3) is 5.37. The van der Waals surface area contributed by atoms with Gasteiger partial charge in [-0.15, -0.1) is 0 Å². The van der Waals surface area contributed by atoms with Gasteiger partial charge >= 0.3 is 0 Å². The van der Waals surface area contributed by atoms with Gasteiger partial charge in [-0.05, 0) is 56.1 Å². The third-order valence-electron chi connectivity index (χ3n) is 6.15. The van der Waals surface area contributed by atoms with Gasteiger partial charge in [0.2, 0.25) is 0 Å². The van der Waals surface area contributed by atoms with Crippen LogP contribution in [0.5, 0.6) is 11.5 Å². The largest absolute Gasteiger partial charge is 0.495 e. The number of para-hydroxylation sites is 1. The molecule has 2 aromatic rings. The van der Waals surface area contributed by atoms with Crippen molar-refractivity contribution in [2.24, 2.45) is 5.92 Å². The molecule has 0 amide bonds. The Kier molecular flexibility index (Phi) is 6.97. The van der Waals surface area contributed by atoms with Gasteiger partial charge < -0.3 is 24.7 Å². The number of likely N-dealkylation sites (N-methyl/N-ethyl adjacent to an activating group) is 1. The van der Waals surface area contributed by atoms with Crippen molar-refractivity contribution >= 4 is 11.4 Å². The number of hydrazine groups is 1. The molecule has 2 heterocycles. The van der Waals surface area contributed by atoms with Crippen molar-refractivity contribution in [3.05, 3.63) is 48.5 Å². The Hall–Kier alpha value is -2.44. The fraction of sp³-hybridized carbons (Fsp3) is 0.500. The summed E-state index contributed by atoms with van der Waals surface area (Å²) in [4.78, 5) is 4.80. The van der Waals surface area contributed by atoms with Crippen LogP contribution in [0.4, 0.5) is 11.4 Å². The van der Waals surface area contributed by atoms with Crippen LogP contribution in [0.15, 0.2) is 48.5 Å². The molecule has 30 heavy (non-hydrogen) atoms. The summed E-state index contributed by atoms with van der Waals surface area (Å²) in [5, 5.41) is 2.33. The number of anilines is 2. The van der Waals surface area contributed by atoms with Crippen LogP contribution in [-0.4, -0.2) is 69.9 Å². The number of nitrogens with zero attached hydrogens (tertiary/aromatic N) is 3. The monoisotopic (exact) mass is 410 g/mol. The molecule has 2 fully saturated rings. The number of hydrogen-bond acceptors (Lipinski definition) is 6. The van der Waals surface area contributed by atoms with Crippen LogP contribution in [0, 0.1) is 5.92 Å². The van der Waals surface area contributed by atoms with E-state index in [9.17, 15) is 0 Å². The molecule has 6 heteroatoms. The van der Waals surface area contributed by atoms with E-state index in [0.717, 1.165) is 75.9 Å². The van der Waals surface area contributed by atoms with E-state index < -0.39 is 0 Å². The molecule has 2 saturated heterocycles. The predicted octanol–water partition coefficient (Wildman–Crippen LogP) is 3.56. The SMILES string of the molecule is COc1ccc(NN2CCC(COc3ccccc3)CC2)cc1N1CCN(C)CC1. The smallest absolute Gasteiger partial charge is 0.142 e. The van der Waals surface area contributed by atoms with Crippen LogP contribution in [0.2, 0.25) is 0 Å². The minimum absolute atomic E-state index is 0.611. The van der Waals surface area contributed by atoms with E-state index in [4.69, 9.17) is 9.47 Å². The Morgan fingerprint density at radius 1 is 0.933 bits per heavy atom. The molecule has 162 valence electrons. The molecule has 0 saturated carbocycles. The van der Waals surface area contributed by atoms with Crippen molar-refractivity contribution in [1.82, 2.24) is 9.91 Å². The van der Waals surface area contributed by atoms with Crippen molar-refractivity contribution in [2.75, 3.05) is 70.4 Å². The van der Waals surface area contributed by atoms with E-state index in [2.05, 4.69) is 45.5 Å². The zero-order valence-electron chi connectivity index (χ0n) is 18.2. The number of nitrogens with one attached hydrogen (secondary N) is 1. The van der Waals surface area contributed by atoms with E-state index in [1.54, 1.807) is 7.11 Å². The lowest BCUT2D eigenvalue weighted by Crippen LogP contribution is -2.44. The van der Waals surface area contributed by atoms with Crippen LogP contribution < -0.4 is 19.8 Å². The third-order valence-corrected chi connectivity index (χ3v) is 6.15. The second-order valence-electron chi connectivity index (χ2n) is 8.34. The van der Waals surface area contributed by atoms with Crippen LogP contribution in [0.25, 0.3) is 0 Å². The molecule has 2 aliphatic heterocycles. The van der Waals surface area contributed by atoms with E-state index in [-0.39, 0.29) is 0 Å². The molecule has 6 nitrogen and oxygen atoms in total. The van der Waals surface area contributed by atoms with Gasteiger partial charge in [0.05, 0.1) is 25.1 Å². The Balaban J connectivity index is 1.30. The number of rotatable bonds is 7. The summed E-state index contributed by atoms with van der Waals surface area (Å²) >= 11 is 0. The fourth-order valence-corrected chi connectivity index (χ4v) is 4.18. The highest BCUT2D eigenvalue weighted by Gasteiger charge is 2.21. The molecular formula is C24H34N4O2. The molecule has 4 rings (SSSR count). The van der Waals surface area contributed by atoms with Gasteiger partial charge in [0.1, 0.15) is 11.5 Å². The number of piperidine rings is 1. The summed E-state index contributed by atoms with van der Waals surface area (Å²) in [6.45, 7) is 7.08. The van der Waals surface area contributed by atoms with Gasteiger partial charge in [-0.2, -0.15) is 0 Å². The average Bonchev–Trinajstić information content (AvgIpc) is 2.80. The first-order valence-corrected chi connectivity index (χ1v) is 11.0. The van der Waals surface area contributed by atoms with E-state index in [0.29, 0.717) is 5.92 Å². The van der Waals surface area contributed by atoms with Crippen LogP contribution >= 0.6 is 0 Å². The number of ether oxygens (including phenoxy) is 2. The maximum absolute atomic E-state index is 5.95. The summed E-state index contributed by atoms with van der Waals surface area (Å²) in [6.07, 6.45) is 2.28.